The monoisotopic (exact) mass is 479 g/mol. The molecule has 4 aromatic rings. The van der Waals surface area contributed by atoms with Crippen LogP contribution in [0.5, 0.6) is 0 Å². The summed E-state index contributed by atoms with van der Waals surface area (Å²) >= 11 is 0. The summed E-state index contributed by atoms with van der Waals surface area (Å²) in [7, 11) is 0. The molecular formula is C29H29N5O2. The highest BCUT2D eigenvalue weighted by molar-refractivity contribution is 5.88. The van der Waals surface area contributed by atoms with Crippen molar-refractivity contribution < 1.29 is 9.90 Å². The predicted molar refractivity (Wildman–Crippen MR) is 139 cm³/mol. The first-order valence-electron chi connectivity index (χ1n) is 12.3. The van der Waals surface area contributed by atoms with Crippen LogP contribution in [0.25, 0.3) is 16.8 Å². The summed E-state index contributed by atoms with van der Waals surface area (Å²) in [5.74, 6) is 1.09. The second-order valence-electron chi connectivity index (χ2n) is 10.3. The van der Waals surface area contributed by atoms with E-state index in [1.807, 2.05) is 70.1 Å². The maximum atomic E-state index is 12.8. The summed E-state index contributed by atoms with van der Waals surface area (Å²) in [6.07, 6.45) is 8.06. The van der Waals surface area contributed by atoms with E-state index in [0.29, 0.717) is 11.5 Å². The first-order valence-corrected chi connectivity index (χ1v) is 12.3. The Morgan fingerprint density at radius 1 is 1.17 bits per heavy atom. The maximum Gasteiger partial charge on any atom is 0.246 e. The minimum absolute atomic E-state index is 0.0726. The number of nitrogens with two attached hydrogens (primary N) is 1. The van der Waals surface area contributed by atoms with Crippen molar-refractivity contribution in [1.29, 1.82) is 0 Å². The third-order valence-electron chi connectivity index (χ3n) is 7.89. The lowest BCUT2D eigenvalue weighted by Gasteiger charge is -2.24. The summed E-state index contributed by atoms with van der Waals surface area (Å²) in [4.78, 5) is 24.0. The molecule has 7 nitrogen and oxygen atoms in total. The molecular weight excluding hydrogens is 450 g/mol. The van der Waals surface area contributed by atoms with Gasteiger partial charge in [0.25, 0.3) is 0 Å². The molecule has 0 radical (unpaired) electrons. The lowest BCUT2D eigenvalue weighted by molar-refractivity contribution is -0.127. The molecule has 2 atom stereocenters. The molecule has 36 heavy (non-hydrogen) atoms. The molecule has 3 heterocycles. The Balaban J connectivity index is 1.43. The van der Waals surface area contributed by atoms with Gasteiger partial charge in [0, 0.05) is 24.5 Å². The molecule has 1 unspecified atom stereocenters. The molecule has 3 N–H and O–H groups in total. The van der Waals surface area contributed by atoms with E-state index in [1.54, 1.807) is 13.1 Å². The number of amides is 1. The van der Waals surface area contributed by atoms with Gasteiger partial charge in [-0.15, -0.1) is 0 Å². The van der Waals surface area contributed by atoms with Crippen LogP contribution < -0.4 is 5.73 Å². The van der Waals surface area contributed by atoms with Gasteiger partial charge in [0.1, 0.15) is 28.5 Å². The summed E-state index contributed by atoms with van der Waals surface area (Å²) in [6, 6.07) is 17.2. The molecule has 1 spiro atoms. The van der Waals surface area contributed by atoms with Gasteiger partial charge in [-0.05, 0) is 48.8 Å². The first-order chi connectivity index (χ1) is 17.3. The van der Waals surface area contributed by atoms with E-state index in [1.165, 1.54) is 6.08 Å². The third kappa shape index (κ3) is 3.50. The molecule has 2 aliphatic rings. The normalized spacial score (nSPS) is 19.9. The molecule has 7 heteroatoms. The van der Waals surface area contributed by atoms with Crippen LogP contribution in [-0.4, -0.2) is 36.8 Å². The summed E-state index contributed by atoms with van der Waals surface area (Å²) < 4.78 is 1.97. The van der Waals surface area contributed by atoms with Crippen molar-refractivity contribution >= 4 is 17.2 Å². The fourth-order valence-corrected chi connectivity index (χ4v) is 5.58. The number of rotatable bonds is 5. The van der Waals surface area contributed by atoms with Crippen molar-refractivity contribution in [2.24, 2.45) is 5.41 Å². The SMILES string of the molecule is C=CC(=O)N1CC2(CC2)C[C@H]1c1nc(-c2ccc(C(C)(O)c3ccccc3)cc2)c2c(N)nccn12. The standard InChI is InChI=1S/C29H29N5O2/c1-3-23(35)34-18-29(13-14-29)17-22(34)27-32-24(25-26(30)31-15-16-33(25)27)19-9-11-21(12-10-19)28(2,36)20-7-5-4-6-8-20/h3-12,15-16,22,36H,1,13-14,17-18H2,2H3,(H2,30,31)/t22-,28?/m0/s1. The highest BCUT2D eigenvalue weighted by atomic mass is 16.3. The number of likely N-dealkylation sites (tertiary alicyclic amines) is 1. The number of fused-ring (bicyclic) bond motifs is 1. The van der Waals surface area contributed by atoms with Gasteiger partial charge in [0.05, 0.1) is 6.04 Å². The van der Waals surface area contributed by atoms with E-state index < -0.39 is 5.60 Å². The van der Waals surface area contributed by atoms with Crippen LogP contribution in [-0.2, 0) is 10.4 Å². The number of aliphatic hydroxyl groups is 1. The van der Waals surface area contributed by atoms with Gasteiger partial charge in [-0.3, -0.25) is 9.20 Å². The van der Waals surface area contributed by atoms with Crippen molar-refractivity contribution in [2.75, 3.05) is 12.3 Å². The number of benzene rings is 2. The van der Waals surface area contributed by atoms with Crippen LogP contribution in [0, 0.1) is 5.41 Å². The first kappa shape index (κ1) is 22.5. The van der Waals surface area contributed by atoms with Crippen LogP contribution in [0.3, 0.4) is 0 Å². The van der Waals surface area contributed by atoms with Gasteiger partial charge in [-0.25, -0.2) is 9.97 Å². The van der Waals surface area contributed by atoms with Gasteiger partial charge in [0.2, 0.25) is 5.91 Å². The minimum atomic E-state index is -1.13. The van der Waals surface area contributed by atoms with Crippen molar-refractivity contribution in [3.8, 4) is 11.3 Å². The molecule has 1 aliphatic heterocycles. The fraction of sp³-hybridized carbons (Fsp3) is 0.276. The summed E-state index contributed by atoms with van der Waals surface area (Å²) in [6.45, 7) is 6.24. The molecule has 2 fully saturated rings. The molecule has 1 saturated carbocycles. The third-order valence-corrected chi connectivity index (χ3v) is 7.89. The molecule has 1 aliphatic carbocycles. The average molecular weight is 480 g/mol. The van der Waals surface area contributed by atoms with E-state index in [-0.39, 0.29) is 17.4 Å². The molecule has 0 bridgehead atoms. The Labute approximate surface area is 209 Å². The highest BCUT2D eigenvalue weighted by Gasteiger charge is 2.54. The summed E-state index contributed by atoms with van der Waals surface area (Å²) in [5, 5.41) is 11.2. The van der Waals surface area contributed by atoms with Crippen molar-refractivity contribution in [2.45, 2.75) is 37.8 Å². The quantitative estimate of drug-likeness (QED) is 0.412. The van der Waals surface area contributed by atoms with Gasteiger partial charge in [-0.2, -0.15) is 0 Å². The molecule has 2 aromatic heterocycles. The lowest BCUT2D eigenvalue weighted by Crippen LogP contribution is -2.30. The number of carbonyl (C=O) groups is 1. The maximum absolute atomic E-state index is 12.8. The molecule has 182 valence electrons. The smallest absolute Gasteiger partial charge is 0.246 e. The largest absolute Gasteiger partial charge is 0.382 e. The number of carbonyl (C=O) groups excluding carboxylic acids is 1. The number of hydrogen-bond donors (Lipinski definition) is 2. The van der Waals surface area contributed by atoms with Crippen molar-refractivity contribution in [1.82, 2.24) is 19.3 Å². The Morgan fingerprint density at radius 3 is 2.53 bits per heavy atom. The van der Waals surface area contributed by atoms with Crippen LogP contribution in [0.2, 0.25) is 0 Å². The van der Waals surface area contributed by atoms with E-state index in [2.05, 4.69) is 11.6 Å². The minimum Gasteiger partial charge on any atom is -0.382 e. The zero-order chi connectivity index (χ0) is 25.1. The highest BCUT2D eigenvalue weighted by Crippen LogP contribution is 2.58. The number of nitrogen functional groups attached to an aromatic ring is 1. The van der Waals surface area contributed by atoms with Crippen LogP contribution in [0.4, 0.5) is 5.82 Å². The van der Waals surface area contributed by atoms with Crippen LogP contribution >= 0.6 is 0 Å². The lowest BCUT2D eigenvalue weighted by atomic mass is 9.87. The van der Waals surface area contributed by atoms with E-state index in [4.69, 9.17) is 10.7 Å². The molecule has 1 amide bonds. The number of aromatic nitrogens is 3. The number of anilines is 1. The van der Waals surface area contributed by atoms with E-state index in [0.717, 1.165) is 53.8 Å². The zero-order valence-corrected chi connectivity index (χ0v) is 20.3. The second kappa shape index (κ2) is 8.03. The van der Waals surface area contributed by atoms with E-state index in [9.17, 15) is 9.90 Å². The predicted octanol–water partition coefficient (Wildman–Crippen LogP) is 4.47. The van der Waals surface area contributed by atoms with Gasteiger partial charge >= 0.3 is 0 Å². The fourth-order valence-electron chi connectivity index (χ4n) is 5.58. The molecule has 2 aromatic carbocycles. The van der Waals surface area contributed by atoms with Gasteiger partial charge in [-0.1, -0.05) is 61.2 Å². The van der Waals surface area contributed by atoms with Crippen molar-refractivity contribution in [3.63, 3.8) is 0 Å². The Bertz CT molecular complexity index is 1470. The number of imidazole rings is 1. The Hall–Kier alpha value is -3.97. The van der Waals surface area contributed by atoms with Gasteiger partial charge in [0.15, 0.2) is 0 Å². The van der Waals surface area contributed by atoms with Crippen LogP contribution in [0.15, 0.2) is 79.6 Å². The van der Waals surface area contributed by atoms with Crippen molar-refractivity contribution in [3.05, 3.63) is 96.6 Å². The number of hydrogen-bond acceptors (Lipinski definition) is 5. The zero-order valence-electron chi connectivity index (χ0n) is 20.3. The van der Waals surface area contributed by atoms with Crippen LogP contribution in [0.1, 0.15) is 49.2 Å². The van der Waals surface area contributed by atoms with E-state index >= 15 is 0 Å². The average Bonchev–Trinajstić information content (AvgIpc) is 3.38. The van der Waals surface area contributed by atoms with Gasteiger partial charge < -0.3 is 15.7 Å². The molecule has 6 rings (SSSR count). The second-order valence-corrected chi connectivity index (χ2v) is 10.3. The Kier molecular flexibility index (Phi) is 5.02. The summed E-state index contributed by atoms with van der Waals surface area (Å²) in [5.41, 5.74) is 9.32. The topological polar surface area (TPSA) is 96.8 Å². The molecule has 1 saturated heterocycles. The Morgan fingerprint density at radius 2 is 1.86 bits per heavy atom. The number of nitrogens with zero attached hydrogens (tertiary/aromatic N) is 4.